The topological polar surface area (TPSA) is 65.3 Å². The number of hydrogen-bond donors (Lipinski definition) is 1. The molecule has 0 radical (unpaired) electrons. The highest BCUT2D eigenvalue weighted by Crippen LogP contribution is 2.37. The van der Waals surface area contributed by atoms with Gasteiger partial charge in [-0.25, -0.2) is 14.0 Å². The van der Waals surface area contributed by atoms with Crippen molar-refractivity contribution in [2.24, 2.45) is 7.05 Å². The number of carbonyl (C=O) groups excluding carboxylic acids is 1. The van der Waals surface area contributed by atoms with Crippen molar-refractivity contribution in [1.29, 1.82) is 0 Å². The van der Waals surface area contributed by atoms with Crippen LogP contribution < -0.4 is 15.7 Å². The monoisotopic (exact) mass is 571 g/mol. The molecule has 0 saturated heterocycles. The number of rotatable bonds is 8. The van der Waals surface area contributed by atoms with Gasteiger partial charge in [0.1, 0.15) is 17.4 Å². The Labute approximate surface area is 248 Å². The molecule has 6 aromatic rings. The van der Waals surface area contributed by atoms with Gasteiger partial charge in [-0.3, -0.25) is 14.5 Å². The van der Waals surface area contributed by atoms with Crippen LogP contribution in [0.5, 0.6) is 5.75 Å². The van der Waals surface area contributed by atoms with Crippen LogP contribution >= 0.6 is 0 Å². The van der Waals surface area contributed by atoms with E-state index >= 15 is 4.39 Å². The maximum Gasteiger partial charge on any atom is 0.333 e. The lowest BCUT2D eigenvalue weighted by Crippen LogP contribution is -2.52. The van der Waals surface area contributed by atoms with Crippen molar-refractivity contribution in [3.05, 3.63) is 166 Å². The van der Waals surface area contributed by atoms with Crippen molar-refractivity contribution in [1.82, 2.24) is 14.5 Å². The van der Waals surface area contributed by atoms with E-state index in [1.54, 1.807) is 50.4 Å². The molecule has 0 saturated carbocycles. The van der Waals surface area contributed by atoms with E-state index in [9.17, 15) is 9.59 Å². The van der Waals surface area contributed by atoms with Crippen molar-refractivity contribution < 1.29 is 13.9 Å². The second-order valence-corrected chi connectivity index (χ2v) is 10.4. The van der Waals surface area contributed by atoms with Gasteiger partial charge in [-0.2, -0.15) is 0 Å². The third kappa shape index (κ3) is 4.94. The molecule has 1 heterocycles. The van der Waals surface area contributed by atoms with Gasteiger partial charge in [-0.1, -0.05) is 109 Å². The van der Waals surface area contributed by atoms with Crippen LogP contribution in [0.2, 0.25) is 0 Å². The zero-order chi connectivity index (χ0) is 30.0. The normalized spacial score (nSPS) is 12.3. The standard InChI is InChI=1S/C36H30FN3O3/c1-25(38-36(26-15-6-3-7-16-26,27-17-8-4-9-18-27)28-19-10-5-11-20-28)34(41)43-32-24-13-12-22-30(32)40-33-29(37)21-14-23-31(33)39(2)35(40)42/h3-25,38H,1-2H3/t25-/m0/s1. The predicted octanol–water partition coefficient (Wildman–Crippen LogP) is 6.34. The highest BCUT2D eigenvalue weighted by atomic mass is 19.1. The maximum absolute atomic E-state index is 15.0. The molecule has 5 aromatic carbocycles. The van der Waals surface area contributed by atoms with E-state index < -0.39 is 29.1 Å². The molecule has 0 bridgehead atoms. The number of benzene rings is 5. The number of ether oxygens (including phenoxy) is 1. The van der Waals surface area contributed by atoms with E-state index in [1.165, 1.54) is 15.2 Å². The molecular formula is C36H30FN3O3. The van der Waals surface area contributed by atoms with Crippen LogP contribution in [0.25, 0.3) is 16.7 Å². The van der Waals surface area contributed by atoms with Gasteiger partial charge in [0.25, 0.3) is 0 Å². The molecule has 0 unspecified atom stereocenters. The fourth-order valence-corrected chi connectivity index (χ4v) is 5.69. The number of hydrogen-bond acceptors (Lipinski definition) is 4. The number of fused-ring (bicyclic) bond motifs is 1. The van der Waals surface area contributed by atoms with Gasteiger partial charge >= 0.3 is 11.7 Å². The molecule has 0 aliphatic carbocycles. The molecular weight excluding hydrogens is 541 g/mol. The van der Waals surface area contributed by atoms with Gasteiger partial charge in [0, 0.05) is 7.05 Å². The molecule has 0 aliphatic rings. The quantitative estimate of drug-likeness (QED) is 0.132. The molecule has 0 amide bonds. The van der Waals surface area contributed by atoms with E-state index in [0.29, 0.717) is 5.52 Å². The second-order valence-electron chi connectivity index (χ2n) is 10.4. The Balaban J connectivity index is 1.41. The Morgan fingerprint density at radius 2 is 1.26 bits per heavy atom. The fraction of sp³-hybridized carbons (Fsp3) is 0.111. The van der Waals surface area contributed by atoms with Gasteiger partial charge in [-0.05, 0) is 47.9 Å². The van der Waals surface area contributed by atoms with Crippen molar-refractivity contribution in [2.45, 2.75) is 18.5 Å². The SMILES string of the molecule is C[C@H](NC(c1ccccc1)(c1ccccc1)c1ccccc1)C(=O)Oc1ccccc1-n1c(=O)n(C)c2cccc(F)c21. The number of esters is 1. The van der Waals surface area contributed by atoms with Crippen LogP contribution in [0.4, 0.5) is 4.39 Å². The Morgan fingerprint density at radius 3 is 1.81 bits per heavy atom. The zero-order valence-corrected chi connectivity index (χ0v) is 23.8. The highest BCUT2D eigenvalue weighted by molar-refractivity contribution is 5.82. The van der Waals surface area contributed by atoms with Crippen molar-refractivity contribution in [3.63, 3.8) is 0 Å². The summed E-state index contributed by atoms with van der Waals surface area (Å²) in [6, 6.07) is 40.2. The smallest absolute Gasteiger partial charge is 0.333 e. The molecule has 6 nitrogen and oxygen atoms in total. The molecule has 1 N–H and O–H groups in total. The van der Waals surface area contributed by atoms with E-state index in [4.69, 9.17) is 4.74 Å². The van der Waals surface area contributed by atoms with Gasteiger partial charge in [0.05, 0.1) is 16.7 Å². The summed E-state index contributed by atoms with van der Waals surface area (Å²) < 4.78 is 23.6. The number of nitrogens with zero attached hydrogens (tertiary/aromatic N) is 2. The van der Waals surface area contributed by atoms with Crippen molar-refractivity contribution >= 4 is 17.0 Å². The van der Waals surface area contributed by atoms with E-state index in [-0.39, 0.29) is 17.0 Å². The van der Waals surface area contributed by atoms with E-state index in [1.807, 2.05) is 91.0 Å². The number of imidazole rings is 1. The first-order chi connectivity index (χ1) is 20.9. The van der Waals surface area contributed by atoms with Crippen LogP contribution in [-0.4, -0.2) is 21.1 Å². The fourth-order valence-electron chi connectivity index (χ4n) is 5.69. The maximum atomic E-state index is 15.0. The molecule has 1 atom stereocenters. The second kappa shape index (κ2) is 11.5. The zero-order valence-electron chi connectivity index (χ0n) is 23.8. The molecule has 0 aliphatic heterocycles. The summed E-state index contributed by atoms with van der Waals surface area (Å²) in [5, 5.41) is 3.61. The average molecular weight is 572 g/mol. The van der Waals surface area contributed by atoms with Crippen LogP contribution in [0.1, 0.15) is 23.6 Å². The van der Waals surface area contributed by atoms with Gasteiger partial charge < -0.3 is 4.74 Å². The van der Waals surface area contributed by atoms with E-state index in [0.717, 1.165) is 16.7 Å². The summed E-state index contributed by atoms with van der Waals surface area (Å²) in [4.78, 5) is 27.1. The number of aromatic nitrogens is 2. The number of carbonyl (C=O) groups is 1. The summed E-state index contributed by atoms with van der Waals surface area (Å²) in [6.07, 6.45) is 0. The lowest BCUT2D eigenvalue weighted by Gasteiger charge is -2.38. The molecule has 0 spiro atoms. The third-order valence-corrected chi connectivity index (χ3v) is 7.75. The number of halogens is 1. The Kier molecular flexibility index (Phi) is 7.49. The summed E-state index contributed by atoms with van der Waals surface area (Å²) in [7, 11) is 1.58. The first-order valence-electron chi connectivity index (χ1n) is 14.0. The lowest BCUT2D eigenvalue weighted by molar-refractivity contribution is -0.136. The molecule has 0 fully saturated rings. The lowest BCUT2D eigenvalue weighted by atomic mass is 9.76. The van der Waals surface area contributed by atoms with Gasteiger partial charge in [-0.15, -0.1) is 0 Å². The van der Waals surface area contributed by atoms with Crippen molar-refractivity contribution in [2.75, 3.05) is 0 Å². The third-order valence-electron chi connectivity index (χ3n) is 7.75. The number of aryl methyl sites for hydroxylation is 1. The molecule has 6 rings (SSSR count). The number of nitrogens with one attached hydrogen (secondary N) is 1. The summed E-state index contributed by atoms with van der Waals surface area (Å²) in [5.74, 6) is -0.971. The van der Waals surface area contributed by atoms with Crippen LogP contribution in [0.15, 0.2) is 138 Å². The molecule has 7 heteroatoms. The molecule has 1 aromatic heterocycles. The summed E-state index contributed by atoms with van der Waals surface area (Å²) >= 11 is 0. The Bertz CT molecular complexity index is 1850. The summed E-state index contributed by atoms with van der Waals surface area (Å²) in [6.45, 7) is 1.75. The van der Waals surface area contributed by atoms with Crippen LogP contribution in [0.3, 0.4) is 0 Å². The molecule has 43 heavy (non-hydrogen) atoms. The van der Waals surface area contributed by atoms with Crippen LogP contribution in [0, 0.1) is 5.82 Å². The van der Waals surface area contributed by atoms with Gasteiger partial charge in [0.2, 0.25) is 0 Å². The first kappa shape index (κ1) is 27.9. The predicted molar refractivity (Wildman–Crippen MR) is 166 cm³/mol. The minimum Gasteiger partial charge on any atom is -0.423 e. The summed E-state index contributed by atoms with van der Waals surface area (Å²) in [5.41, 5.74) is 2.31. The minimum absolute atomic E-state index is 0.112. The van der Waals surface area contributed by atoms with Crippen LogP contribution in [-0.2, 0) is 17.4 Å². The highest BCUT2D eigenvalue weighted by Gasteiger charge is 2.39. The van der Waals surface area contributed by atoms with Gasteiger partial charge in [0.15, 0.2) is 5.75 Å². The Morgan fingerprint density at radius 1 is 0.744 bits per heavy atom. The van der Waals surface area contributed by atoms with Crippen molar-refractivity contribution in [3.8, 4) is 11.4 Å². The average Bonchev–Trinajstić information content (AvgIpc) is 3.31. The minimum atomic E-state index is -0.891. The number of para-hydroxylation sites is 3. The van der Waals surface area contributed by atoms with E-state index in [2.05, 4.69) is 5.32 Å². The first-order valence-corrected chi connectivity index (χ1v) is 14.0. The largest absolute Gasteiger partial charge is 0.423 e. The molecule has 214 valence electrons. The Hall–Kier alpha value is -5.27.